The molecule has 1 aromatic carbocycles. The summed E-state index contributed by atoms with van der Waals surface area (Å²) in [5, 5.41) is 9.09. The second kappa shape index (κ2) is 8.69. The Morgan fingerprint density at radius 3 is 2.60 bits per heavy atom. The minimum atomic E-state index is -0.629. The van der Waals surface area contributed by atoms with Gasteiger partial charge >= 0.3 is 11.9 Å². The lowest BCUT2D eigenvalue weighted by molar-refractivity contribution is -0.145. The molecule has 1 aliphatic rings. The van der Waals surface area contributed by atoms with E-state index in [0.717, 1.165) is 16.7 Å². The molecule has 0 atom stereocenters. The van der Waals surface area contributed by atoms with Crippen LogP contribution in [-0.2, 0) is 19.1 Å². The molecule has 0 bridgehead atoms. The van der Waals surface area contributed by atoms with Crippen LogP contribution in [0.25, 0.3) is 5.57 Å². The predicted octanol–water partition coefficient (Wildman–Crippen LogP) is 2.80. The number of hydrogen-bond acceptors (Lipinski definition) is 6. The van der Waals surface area contributed by atoms with Crippen LogP contribution in [0.3, 0.4) is 0 Å². The zero-order valence-electron chi connectivity index (χ0n) is 14.2. The Balaban J connectivity index is 2.16. The Bertz CT molecular complexity index is 770. The van der Waals surface area contributed by atoms with Gasteiger partial charge in [-0.3, -0.25) is 0 Å². The molecule has 2 rings (SSSR count). The van der Waals surface area contributed by atoms with E-state index in [4.69, 9.17) is 19.5 Å². The highest BCUT2D eigenvalue weighted by molar-refractivity contribution is 5.96. The summed E-state index contributed by atoms with van der Waals surface area (Å²) in [6.45, 7) is 3.76. The molecule has 1 aromatic rings. The zero-order valence-corrected chi connectivity index (χ0v) is 14.2. The molecule has 0 saturated carbocycles. The van der Waals surface area contributed by atoms with Crippen molar-refractivity contribution in [2.75, 3.05) is 19.8 Å². The number of nitriles is 1. The monoisotopic (exact) mass is 341 g/mol. The molecule has 0 fully saturated rings. The van der Waals surface area contributed by atoms with Crippen LogP contribution in [0.1, 0.15) is 25.8 Å². The second-order valence-corrected chi connectivity index (χ2v) is 5.16. The Morgan fingerprint density at radius 2 is 1.92 bits per heavy atom. The Labute approximate surface area is 146 Å². The van der Waals surface area contributed by atoms with Gasteiger partial charge in [0.1, 0.15) is 17.4 Å². The summed E-state index contributed by atoms with van der Waals surface area (Å²) in [5.74, 6) is -0.504. The van der Waals surface area contributed by atoms with Gasteiger partial charge in [-0.25, -0.2) is 9.59 Å². The van der Waals surface area contributed by atoms with Crippen LogP contribution in [0.2, 0.25) is 0 Å². The highest BCUT2D eigenvalue weighted by atomic mass is 16.6. The highest BCUT2D eigenvalue weighted by Crippen LogP contribution is 2.44. The van der Waals surface area contributed by atoms with Crippen LogP contribution in [-0.4, -0.2) is 31.8 Å². The number of para-hydroxylation sites is 1. The van der Waals surface area contributed by atoms with Gasteiger partial charge in [0.05, 0.1) is 13.2 Å². The van der Waals surface area contributed by atoms with E-state index in [0.29, 0.717) is 18.8 Å². The maximum absolute atomic E-state index is 11.7. The number of carbonyl (C=O) groups is 2. The topological polar surface area (TPSA) is 85.6 Å². The molecule has 0 spiro atoms. The summed E-state index contributed by atoms with van der Waals surface area (Å²) < 4.78 is 15.2. The van der Waals surface area contributed by atoms with Crippen molar-refractivity contribution >= 4 is 17.5 Å². The molecular formula is C19H19NO5. The molecule has 0 N–H and O–H groups in total. The van der Waals surface area contributed by atoms with Crippen molar-refractivity contribution in [2.45, 2.75) is 20.3 Å². The molecule has 6 heteroatoms. The standard InChI is InChI=1S/C19H19NO5/c1-3-23-18(21)12-25-17-8-6-5-7-15(17)16-10-13(16)9-14(11-20)19(22)24-4-2/h5-9H,3-4,10,12H2,1-2H3/b14-9+. The number of ether oxygens (including phenoxy) is 3. The van der Waals surface area contributed by atoms with E-state index in [-0.39, 0.29) is 18.8 Å². The number of rotatable bonds is 8. The van der Waals surface area contributed by atoms with Gasteiger partial charge in [0.15, 0.2) is 6.61 Å². The third kappa shape index (κ3) is 4.95. The minimum absolute atomic E-state index is 0.0308. The zero-order chi connectivity index (χ0) is 18.2. The smallest absolute Gasteiger partial charge is 0.348 e. The van der Waals surface area contributed by atoms with Gasteiger partial charge in [0.2, 0.25) is 0 Å². The first kappa shape index (κ1) is 18.3. The normalized spacial score (nSPS) is 13.1. The van der Waals surface area contributed by atoms with Gasteiger partial charge in [-0.1, -0.05) is 18.2 Å². The molecule has 0 aromatic heterocycles. The lowest BCUT2D eigenvalue weighted by Gasteiger charge is -2.08. The van der Waals surface area contributed by atoms with E-state index < -0.39 is 11.9 Å². The maximum Gasteiger partial charge on any atom is 0.348 e. The Kier molecular flexibility index (Phi) is 6.35. The van der Waals surface area contributed by atoms with Crippen LogP contribution in [0, 0.1) is 11.3 Å². The van der Waals surface area contributed by atoms with Crippen LogP contribution < -0.4 is 4.74 Å². The van der Waals surface area contributed by atoms with Gasteiger partial charge in [-0.2, -0.15) is 5.26 Å². The van der Waals surface area contributed by atoms with E-state index in [9.17, 15) is 9.59 Å². The van der Waals surface area contributed by atoms with Crippen molar-refractivity contribution in [3.05, 3.63) is 47.1 Å². The Hall–Kier alpha value is -3.07. The lowest BCUT2D eigenvalue weighted by Crippen LogP contribution is -2.14. The van der Waals surface area contributed by atoms with Gasteiger partial charge in [0.25, 0.3) is 0 Å². The Morgan fingerprint density at radius 1 is 1.20 bits per heavy atom. The SMILES string of the molecule is CCOC(=O)COc1ccccc1C1=C(/C=C(\C#N)C(=O)OCC)C1. The number of nitrogens with zero attached hydrogens (tertiary/aromatic N) is 1. The largest absolute Gasteiger partial charge is 0.481 e. The molecule has 0 unspecified atom stereocenters. The summed E-state index contributed by atoms with van der Waals surface area (Å²) in [5.41, 5.74) is 2.64. The first-order chi connectivity index (χ1) is 12.1. The fraction of sp³-hybridized carbons (Fsp3) is 0.316. The fourth-order valence-electron chi connectivity index (χ4n) is 2.25. The number of hydrogen-bond donors (Lipinski definition) is 0. The fourth-order valence-corrected chi connectivity index (χ4v) is 2.25. The van der Waals surface area contributed by atoms with Crippen molar-refractivity contribution in [3.63, 3.8) is 0 Å². The average molecular weight is 341 g/mol. The van der Waals surface area contributed by atoms with Crippen molar-refractivity contribution in [2.24, 2.45) is 0 Å². The van der Waals surface area contributed by atoms with Crippen molar-refractivity contribution in [3.8, 4) is 11.8 Å². The molecule has 130 valence electrons. The van der Waals surface area contributed by atoms with Crippen molar-refractivity contribution < 1.29 is 23.8 Å². The van der Waals surface area contributed by atoms with E-state index in [1.54, 1.807) is 19.9 Å². The van der Waals surface area contributed by atoms with E-state index in [2.05, 4.69) is 0 Å². The van der Waals surface area contributed by atoms with Gasteiger partial charge < -0.3 is 14.2 Å². The second-order valence-electron chi connectivity index (χ2n) is 5.16. The first-order valence-electron chi connectivity index (χ1n) is 7.99. The van der Waals surface area contributed by atoms with Crippen molar-refractivity contribution in [1.29, 1.82) is 5.26 Å². The lowest BCUT2D eigenvalue weighted by atomic mass is 10.1. The van der Waals surface area contributed by atoms with Crippen LogP contribution in [0.5, 0.6) is 5.75 Å². The average Bonchev–Trinajstić information content (AvgIpc) is 3.37. The summed E-state index contributed by atoms with van der Waals surface area (Å²) in [7, 11) is 0. The summed E-state index contributed by atoms with van der Waals surface area (Å²) in [6, 6.07) is 9.15. The summed E-state index contributed by atoms with van der Waals surface area (Å²) >= 11 is 0. The molecule has 0 saturated heterocycles. The van der Waals surface area contributed by atoms with Gasteiger partial charge in [0, 0.05) is 5.56 Å². The number of benzene rings is 1. The molecule has 6 nitrogen and oxygen atoms in total. The molecule has 25 heavy (non-hydrogen) atoms. The molecule has 0 heterocycles. The maximum atomic E-state index is 11.7. The molecule has 0 aliphatic heterocycles. The number of allylic oxidation sites excluding steroid dienone is 3. The molecule has 0 amide bonds. The van der Waals surface area contributed by atoms with Crippen LogP contribution in [0.4, 0.5) is 0 Å². The van der Waals surface area contributed by atoms with E-state index in [1.807, 2.05) is 24.3 Å². The highest BCUT2D eigenvalue weighted by Gasteiger charge is 2.26. The van der Waals surface area contributed by atoms with Gasteiger partial charge in [-0.15, -0.1) is 0 Å². The first-order valence-corrected chi connectivity index (χ1v) is 7.99. The van der Waals surface area contributed by atoms with Gasteiger partial charge in [-0.05, 0) is 43.6 Å². The quantitative estimate of drug-likeness (QED) is 0.410. The van der Waals surface area contributed by atoms with E-state index in [1.165, 1.54) is 6.08 Å². The minimum Gasteiger partial charge on any atom is -0.481 e. The number of carbonyl (C=O) groups excluding carboxylic acids is 2. The predicted molar refractivity (Wildman–Crippen MR) is 90.4 cm³/mol. The van der Waals surface area contributed by atoms with Crippen molar-refractivity contribution in [1.82, 2.24) is 0 Å². The number of esters is 2. The molecule has 0 radical (unpaired) electrons. The van der Waals surface area contributed by atoms with Crippen LogP contribution >= 0.6 is 0 Å². The summed E-state index contributed by atoms with van der Waals surface area (Å²) in [6.07, 6.45) is 2.18. The van der Waals surface area contributed by atoms with E-state index >= 15 is 0 Å². The molecule has 1 aliphatic carbocycles. The third-order valence-corrected chi connectivity index (χ3v) is 3.43. The molecular weight excluding hydrogens is 322 g/mol. The third-order valence-electron chi connectivity index (χ3n) is 3.43. The summed E-state index contributed by atoms with van der Waals surface area (Å²) in [4.78, 5) is 23.1. The van der Waals surface area contributed by atoms with Crippen LogP contribution in [0.15, 0.2) is 41.5 Å².